The van der Waals surface area contributed by atoms with E-state index < -0.39 is 23.7 Å². The number of nitrogens with one attached hydrogen (secondary N) is 2. The molecule has 0 spiro atoms. The Balaban J connectivity index is 2.48. The normalized spacial score (nSPS) is 13.6. The van der Waals surface area contributed by atoms with Crippen molar-refractivity contribution in [2.24, 2.45) is 0 Å². The van der Waals surface area contributed by atoms with Crippen LogP contribution >= 0.6 is 22.9 Å². The molecule has 0 aliphatic rings. The zero-order chi connectivity index (χ0) is 20.2. The van der Waals surface area contributed by atoms with Crippen molar-refractivity contribution < 1.29 is 27.5 Å². The first-order valence-corrected chi connectivity index (χ1v) is 8.69. The van der Waals surface area contributed by atoms with Gasteiger partial charge in [0.05, 0.1) is 6.61 Å². The fraction of sp³-hybridized carbons (Fsp3) is 0.333. The topological polar surface area (TPSA) is 93.2 Å². The molecular weight excluding hydrogens is 409 g/mol. The monoisotopic (exact) mass is 422 g/mol. The van der Waals surface area contributed by atoms with E-state index in [4.69, 9.17) is 11.6 Å². The number of anilines is 1. The van der Waals surface area contributed by atoms with E-state index in [2.05, 4.69) is 14.9 Å². The lowest BCUT2D eigenvalue weighted by molar-refractivity contribution is -0.204. The molecule has 2 rings (SSSR count). The van der Waals surface area contributed by atoms with E-state index in [1.807, 2.05) is 5.32 Å². The highest BCUT2D eigenvalue weighted by atomic mass is 35.5. The minimum atomic E-state index is -5.26. The maximum Gasteiger partial charge on any atom is 0.442 e. The maximum absolute atomic E-state index is 13.9. The summed E-state index contributed by atoms with van der Waals surface area (Å²) in [4.78, 5) is 24.7. The number of nitrogens with zero attached hydrogens (tertiary/aromatic N) is 2. The maximum atomic E-state index is 13.9. The summed E-state index contributed by atoms with van der Waals surface area (Å²) in [5.41, 5.74) is -3.73. The largest absolute Gasteiger partial charge is 0.463 e. The van der Waals surface area contributed by atoms with Gasteiger partial charge in [-0.1, -0.05) is 29.0 Å². The molecule has 2 N–H and O–H groups in total. The molecule has 0 saturated carbocycles. The van der Waals surface area contributed by atoms with Gasteiger partial charge in [0.25, 0.3) is 5.91 Å². The van der Waals surface area contributed by atoms with E-state index in [0.717, 1.165) is 17.4 Å². The van der Waals surface area contributed by atoms with E-state index in [1.54, 1.807) is 5.32 Å². The summed E-state index contributed by atoms with van der Waals surface area (Å²) in [6.45, 7) is 2.53. The molecule has 2 aromatic rings. The van der Waals surface area contributed by atoms with Crippen LogP contribution in [0.25, 0.3) is 0 Å². The van der Waals surface area contributed by atoms with Gasteiger partial charge in [0.1, 0.15) is 5.01 Å². The first kappa shape index (κ1) is 20.9. The van der Waals surface area contributed by atoms with Gasteiger partial charge in [0.15, 0.2) is 0 Å². The zero-order valence-corrected chi connectivity index (χ0v) is 15.6. The van der Waals surface area contributed by atoms with Gasteiger partial charge in [0, 0.05) is 10.6 Å². The fourth-order valence-corrected chi connectivity index (χ4v) is 2.85. The number of esters is 1. The second-order valence-electron chi connectivity index (χ2n) is 5.18. The lowest BCUT2D eigenvalue weighted by Crippen LogP contribution is -2.69. The number of ether oxygens (including phenoxy) is 1. The summed E-state index contributed by atoms with van der Waals surface area (Å²) in [6, 6.07) is 5.25. The number of carbonyl (C=O) groups is 2. The first-order valence-electron chi connectivity index (χ1n) is 7.49. The van der Waals surface area contributed by atoms with Crippen molar-refractivity contribution in [2.45, 2.75) is 25.7 Å². The lowest BCUT2D eigenvalue weighted by atomic mass is 10.1. The highest BCUT2D eigenvalue weighted by Crippen LogP contribution is 2.34. The summed E-state index contributed by atoms with van der Waals surface area (Å²) in [6.07, 6.45) is -5.26. The molecule has 1 heterocycles. The second kappa shape index (κ2) is 8.09. The Morgan fingerprint density at radius 1 is 1.30 bits per heavy atom. The minimum Gasteiger partial charge on any atom is -0.463 e. The molecule has 0 unspecified atom stereocenters. The second-order valence-corrected chi connectivity index (χ2v) is 6.80. The van der Waals surface area contributed by atoms with Gasteiger partial charge in [-0.15, -0.1) is 10.2 Å². The van der Waals surface area contributed by atoms with Gasteiger partial charge in [-0.25, -0.2) is 4.79 Å². The molecular formula is C15H14ClF3N4O3S. The highest BCUT2D eigenvalue weighted by molar-refractivity contribution is 7.15. The van der Waals surface area contributed by atoms with Crippen molar-refractivity contribution in [3.05, 3.63) is 39.9 Å². The third-order valence-electron chi connectivity index (χ3n) is 3.22. The van der Waals surface area contributed by atoms with E-state index in [-0.39, 0.29) is 22.3 Å². The number of rotatable bonds is 6. The Morgan fingerprint density at radius 2 is 2.00 bits per heavy atom. The van der Waals surface area contributed by atoms with Crippen molar-refractivity contribution in [2.75, 3.05) is 11.9 Å². The molecule has 27 heavy (non-hydrogen) atoms. The van der Waals surface area contributed by atoms with Crippen LogP contribution in [0, 0.1) is 6.92 Å². The van der Waals surface area contributed by atoms with Gasteiger partial charge < -0.3 is 15.4 Å². The average molecular weight is 423 g/mol. The van der Waals surface area contributed by atoms with Crippen LogP contribution in [0.5, 0.6) is 0 Å². The van der Waals surface area contributed by atoms with E-state index in [9.17, 15) is 22.8 Å². The Kier molecular flexibility index (Phi) is 6.26. The van der Waals surface area contributed by atoms with Gasteiger partial charge in [-0.05, 0) is 32.0 Å². The van der Waals surface area contributed by atoms with E-state index in [0.29, 0.717) is 5.01 Å². The molecule has 0 aliphatic carbocycles. The molecule has 0 saturated heterocycles. The molecule has 146 valence electrons. The van der Waals surface area contributed by atoms with Gasteiger partial charge in [-0.3, -0.25) is 4.79 Å². The molecule has 0 bridgehead atoms. The molecule has 12 heteroatoms. The van der Waals surface area contributed by atoms with E-state index >= 15 is 0 Å². The standard InChI is InChI=1S/C15H14ClF3N4O3S/c1-3-26-12(25)14(15(17,18)19,21-13-23-22-8(2)27-13)20-11(24)9-5-4-6-10(16)7-9/h4-7H,3H2,1-2H3,(H,20,24)(H,21,23)/t14-/m1/s1. The number of carbonyl (C=O) groups excluding carboxylic acids is 2. The first-order chi connectivity index (χ1) is 12.6. The van der Waals surface area contributed by atoms with Gasteiger partial charge in [0.2, 0.25) is 5.13 Å². The number of aryl methyl sites for hydroxylation is 1. The molecule has 0 fully saturated rings. The average Bonchev–Trinajstić information content (AvgIpc) is 2.98. The SMILES string of the molecule is CCOC(=O)[C@@](NC(=O)c1cccc(Cl)c1)(Nc1nnc(C)s1)C(F)(F)F. The van der Waals surface area contributed by atoms with Crippen LogP contribution in [-0.2, 0) is 9.53 Å². The summed E-state index contributed by atoms with van der Waals surface area (Å²) in [5.74, 6) is -2.92. The van der Waals surface area contributed by atoms with Crippen LogP contribution in [0.3, 0.4) is 0 Å². The Labute approximate surface area is 160 Å². The van der Waals surface area contributed by atoms with E-state index in [1.165, 1.54) is 32.0 Å². The number of benzene rings is 1. The zero-order valence-electron chi connectivity index (χ0n) is 14.1. The predicted molar refractivity (Wildman–Crippen MR) is 92.6 cm³/mol. The van der Waals surface area contributed by atoms with Crippen molar-refractivity contribution in [1.82, 2.24) is 15.5 Å². The Bertz CT molecular complexity index is 846. The summed E-state index contributed by atoms with van der Waals surface area (Å²) in [5, 5.41) is 10.9. The molecule has 7 nitrogen and oxygen atoms in total. The molecule has 1 atom stereocenters. The number of halogens is 4. The number of hydrogen-bond donors (Lipinski definition) is 2. The number of hydrogen-bond acceptors (Lipinski definition) is 7. The quantitative estimate of drug-likeness (QED) is 0.548. The Morgan fingerprint density at radius 3 is 2.52 bits per heavy atom. The summed E-state index contributed by atoms with van der Waals surface area (Å²) < 4.78 is 46.4. The van der Waals surface area contributed by atoms with Crippen LogP contribution in [0.4, 0.5) is 18.3 Å². The Hall–Kier alpha value is -2.40. The highest BCUT2D eigenvalue weighted by Gasteiger charge is 2.64. The van der Waals surface area contributed by atoms with Crippen molar-refractivity contribution in [3.63, 3.8) is 0 Å². The molecule has 1 aromatic heterocycles. The molecule has 0 aliphatic heterocycles. The summed E-state index contributed by atoms with van der Waals surface area (Å²) >= 11 is 6.55. The molecule has 1 aromatic carbocycles. The fourth-order valence-electron chi connectivity index (χ4n) is 2.01. The van der Waals surface area contributed by atoms with Crippen LogP contribution in [-0.4, -0.2) is 40.5 Å². The number of alkyl halides is 3. The van der Waals surface area contributed by atoms with Crippen molar-refractivity contribution >= 4 is 39.9 Å². The van der Waals surface area contributed by atoms with Gasteiger partial charge >= 0.3 is 17.8 Å². The van der Waals surface area contributed by atoms with Crippen molar-refractivity contribution in [1.29, 1.82) is 0 Å². The number of aromatic nitrogens is 2. The lowest BCUT2D eigenvalue weighted by Gasteiger charge is -2.34. The summed E-state index contributed by atoms with van der Waals surface area (Å²) in [7, 11) is 0. The third kappa shape index (κ3) is 4.66. The third-order valence-corrected chi connectivity index (χ3v) is 4.20. The van der Waals surface area contributed by atoms with Crippen LogP contribution < -0.4 is 10.6 Å². The van der Waals surface area contributed by atoms with Crippen LogP contribution in [0.15, 0.2) is 24.3 Å². The van der Waals surface area contributed by atoms with Crippen LogP contribution in [0.2, 0.25) is 5.02 Å². The van der Waals surface area contributed by atoms with Crippen LogP contribution in [0.1, 0.15) is 22.3 Å². The van der Waals surface area contributed by atoms with Gasteiger partial charge in [-0.2, -0.15) is 13.2 Å². The molecule has 1 amide bonds. The molecule has 0 radical (unpaired) electrons. The minimum absolute atomic E-state index is 0.143. The predicted octanol–water partition coefficient (Wildman–Crippen LogP) is 3.16. The number of amides is 1. The smallest absolute Gasteiger partial charge is 0.442 e. The van der Waals surface area contributed by atoms with Crippen molar-refractivity contribution in [3.8, 4) is 0 Å².